The van der Waals surface area contributed by atoms with Gasteiger partial charge in [-0.05, 0) is 18.2 Å². The predicted octanol–water partition coefficient (Wildman–Crippen LogP) is 1.82. The summed E-state index contributed by atoms with van der Waals surface area (Å²) in [5.74, 6) is -0.968. The van der Waals surface area contributed by atoms with Crippen LogP contribution in [0, 0.1) is 0 Å². The summed E-state index contributed by atoms with van der Waals surface area (Å²) in [6.45, 7) is 0.599. The highest BCUT2D eigenvalue weighted by atomic mass is 16.4. The maximum Gasteiger partial charge on any atom is 0.337 e. The van der Waals surface area contributed by atoms with E-state index in [0.29, 0.717) is 12.2 Å². The van der Waals surface area contributed by atoms with Crippen molar-refractivity contribution in [1.82, 2.24) is 19.6 Å². The van der Waals surface area contributed by atoms with Crippen LogP contribution in [0.5, 0.6) is 0 Å². The number of carboxylic acids is 1. The Morgan fingerprint density at radius 3 is 2.80 bits per heavy atom. The molecule has 0 spiro atoms. The molecule has 6 heteroatoms. The number of aromatic carboxylic acids is 1. The van der Waals surface area contributed by atoms with Gasteiger partial charge in [0, 0.05) is 24.2 Å². The first-order chi connectivity index (χ1) is 9.74. The lowest BCUT2D eigenvalue weighted by Gasteiger charge is -2.05. The molecule has 0 amide bonds. The number of aromatic nitrogens is 4. The molecule has 0 atom stereocenters. The molecule has 0 aliphatic heterocycles. The molecule has 6 nitrogen and oxygen atoms in total. The minimum atomic E-state index is -0.968. The lowest BCUT2D eigenvalue weighted by Crippen LogP contribution is -2.05. The van der Waals surface area contributed by atoms with Gasteiger partial charge in [-0.2, -0.15) is 10.2 Å². The minimum Gasteiger partial charge on any atom is -0.478 e. The van der Waals surface area contributed by atoms with E-state index in [1.807, 2.05) is 18.5 Å². The summed E-state index contributed by atoms with van der Waals surface area (Å²) in [5, 5.41) is 17.5. The quantitative estimate of drug-likeness (QED) is 0.783. The van der Waals surface area contributed by atoms with Gasteiger partial charge >= 0.3 is 5.97 Å². The predicted molar refractivity (Wildman–Crippen MR) is 71.9 cm³/mol. The zero-order chi connectivity index (χ0) is 13.9. The molecule has 0 bridgehead atoms. The summed E-state index contributed by atoms with van der Waals surface area (Å²) < 4.78 is 3.35. The standard InChI is InChI=1S/C14H12N4O2/c19-14(20)12-4-1-2-5-13(12)18-10-11(8-16-18)9-17-7-3-6-15-17/h1-8,10H,9H2,(H,19,20). The number of carboxylic acid groups (broad SMARTS) is 1. The van der Waals surface area contributed by atoms with Crippen LogP contribution in [0.3, 0.4) is 0 Å². The molecule has 0 aliphatic rings. The first-order valence-corrected chi connectivity index (χ1v) is 6.08. The lowest BCUT2D eigenvalue weighted by molar-refractivity contribution is 0.0696. The second-order valence-electron chi connectivity index (χ2n) is 4.32. The minimum absolute atomic E-state index is 0.223. The third-order valence-corrected chi connectivity index (χ3v) is 2.92. The van der Waals surface area contributed by atoms with Crippen LogP contribution in [0.25, 0.3) is 5.69 Å². The van der Waals surface area contributed by atoms with Gasteiger partial charge in [0.15, 0.2) is 0 Å². The molecule has 1 aromatic carbocycles. The number of carbonyl (C=O) groups is 1. The number of para-hydroxylation sites is 1. The van der Waals surface area contributed by atoms with Crippen molar-refractivity contribution in [3.63, 3.8) is 0 Å². The Morgan fingerprint density at radius 1 is 1.20 bits per heavy atom. The van der Waals surface area contributed by atoms with Gasteiger partial charge in [0.2, 0.25) is 0 Å². The van der Waals surface area contributed by atoms with Crippen molar-refractivity contribution in [2.45, 2.75) is 6.54 Å². The van der Waals surface area contributed by atoms with Crippen LogP contribution in [0.1, 0.15) is 15.9 Å². The molecular weight excluding hydrogens is 256 g/mol. The largest absolute Gasteiger partial charge is 0.478 e. The number of benzene rings is 1. The molecular formula is C14H12N4O2. The summed E-state index contributed by atoms with van der Waals surface area (Å²) in [6, 6.07) is 8.63. The van der Waals surface area contributed by atoms with Gasteiger partial charge < -0.3 is 5.11 Å². The molecule has 20 heavy (non-hydrogen) atoms. The van der Waals surface area contributed by atoms with Crippen LogP contribution in [-0.4, -0.2) is 30.6 Å². The third kappa shape index (κ3) is 2.31. The first-order valence-electron chi connectivity index (χ1n) is 6.08. The maximum absolute atomic E-state index is 11.2. The fourth-order valence-electron chi connectivity index (χ4n) is 2.01. The molecule has 3 rings (SSSR count). The molecule has 0 fully saturated rings. The molecule has 0 saturated carbocycles. The Balaban J connectivity index is 1.92. The number of nitrogens with zero attached hydrogens (tertiary/aromatic N) is 4. The topological polar surface area (TPSA) is 72.9 Å². The molecule has 3 aromatic rings. The SMILES string of the molecule is O=C(O)c1ccccc1-n1cc(Cn2cccn2)cn1. The van der Waals surface area contributed by atoms with E-state index < -0.39 is 5.97 Å². The molecule has 0 aliphatic carbocycles. The van der Waals surface area contributed by atoms with Crippen LogP contribution < -0.4 is 0 Å². The zero-order valence-corrected chi connectivity index (χ0v) is 10.5. The van der Waals surface area contributed by atoms with E-state index in [1.54, 1.807) is 46.0 Å². The van der Waals surface area contributed by atoms with Gasteiger partial charge in [0.05, 0.1) is 24.0 Å². The Labute approximate surface area is 114 Å². The van der Waals surface area contributed by atoms with E-state index in [-0.39, 0.29) is 5.56 Å². The van der Waals surface area contributed by atoms with Gasteiger partial charge in [-0.1, -0.05) is 12.1 Å². The fourth-order valence-corrected chi connectivity index (χ4v) is 2.01. The monoisotopic (exact) mass is 268 g/mol. The number of hydrogen-bond acceptors (Lipinski definition) is 3. The van der Waals surface area contributed by atoms with Gasteiger partial charge in [-0.15, -0.1) is 0 Å². The lowest BCUT2D eigenvalue weighted by atomic mass is 10.2. The number of rotatable bonds is 4. The molecule has 2 heterocycles. The van der Waals surface area contributed by atoms with Gasteiger partial charge in [0.25, 0.3) is 0 Å². The smallest absolute Gasteiger partial charge is 0.337 e. The van der Waals surface area contributed by atoms with Crippen molar-refractivity contribution in [1.29, 1.82) is 0 Å². The Hall–Kier alpha value is -2.89. The Bertz CT molecular complexity index is 731. The highest BCUT2D eigenvalue weighted by molar-refractivity contribution is 5.91. The summed E-state index contributed by atoms with van der Waals surface area (Å²) in [5.41, 5.74) is 1.72. The van der Waals surface area contributed by atoms with E-state index in [0.717, 1.165) is 5.56 Å². The van der Waals surface area contributed by atoms with Gasteiger partial charge in [-0.25, -0.2) is 9.48 Å². The van der Waals surface area contributed by atoms with E-state index >= 15 is 0 Å². The highest BCUT2D eigenvalue weighted by Gasteiger charge is 2.11. The van der Waals surface area contributed by atoms with E-state index in [9.17, 15) is 9.90 Å². The summed E-state index contributed by atoms with van der Waals surface area (Å²) in [7, 11) is 0. The van der Waals surface area contributed by atoms with E-state index in [4.69, 9.17) is 0 Å². The third-order valence-electron chi connectivity index (χ3n) is 2.92. The second kappa shape index (κ2) is 5.00. The van der Waals surface area contributed by atoms with Crippen LogP contribution >= 0.6 is 0 Å². The molecule has 0 saturated heterocycles. The average molecular weight is 268 g/mol. The van der Waals surface area contributed by atoms with Crippen molar-refractivity contribution < 1.29 is 9.90 Å². The molecule has 0 unspecified atom stereocenters. The van der Waals surface area contributed by atoms with Crippen LogP contribution in [0.2, 0.25) is 0 Å². The van der Waals surface area contributed by atoms with Crippen molar-refractivity contribution in [2.24, 2.45) is 0 Å². The Morgan fingerprint density at radius 2 is 2.05 bits per heavy atom. The first kappa shape index (κ1) is 12.2. The Kier molecular flexibility index (Phi) is 3.04. The second-order valence-corrected chi connectivity index (χ2v) is 4.32. The van der Waals surface area contributed by atoms with Gasteiger partial charge in [0.1, 0.15) is 0 Å². The molecule has 0 radical (unpaired) electrons. The van der Waals surface area contributed by atoms with Crippen molar-refractivity contribution in [3.05, 3.63) is 66.2 Å². The normalized spacial score (nSPS) is 10.6. The summed E-state index contributed by atoms with van der Waals surface area (Å²) in [4.78, 5) is 11.2. The molecule has 2 aromatic heterocycles. The summed E-state index contributed by atoms with van der Waals surface area (Å²) >= 11 is 0. The van der Waals surface area contributed by atoms with Crippen molar-refractivity contribution in [3.8, 4) is 5.69 Å². The van der Waals surface area contributed by atoms with Crippen molar-refractivity contribution >= 4 is 5.97 Å². The zero-order valence-electron chi connectivity index (χ0n) is 10.5. The average Bonchev–Trinajstić information content (AvgIpc) is 3.11. The van der Waals surface area contributed by atoms with Crippen LogP contribution in [-0.2, 0) is 6.54 Å². The maximum atomic E-state index is 11.2. The fraction of sp³-hybridized carbons (Fsp3) is 0.0714. The van der Waals surface area contributed by atoms with Crippen LogP contribution in [0.4, 0.5) is 0 Å². The van der Waals surface area contributed by atoms with Crippen molar-refractivity contribution in [2.75, 3.05) is 0 Å². The van der Waals surface area contributed by atoms with E-state index in [2.05, 4.69) is 10.2 Å². The summed E-state index contributed by atoms with van der Waals surface area (Å²) in [6.07, 6.45) is 7.09. The number of hydrogen-bond donors (Lipinski definition) is 1. The van der Waals surface area contributed by atoms with E-state index in [1.165, 1.54) is 0 Å². The van der Waals surface area contributed by atoms with Gasteiger partial charge in [-0.3, -0.25) is 4.68 Å². The van der Waals surface area contributed by atoms with Crippen LogP contribution in [0.15, 0.2) is 55.1 Å². The molecule has 100 valence electrons. The molecule has 1 N–H and O–H groups in total. The highest BCUT2D eigenvalue weighted by Crippen LogP contribution is 2.14.